The minimum Gasteiger partial charge on any atom is -0.372 e. The Morgan fingerprint density at radius 1 is 1.31 bits per heavy atom. The molecule has 2 saturated heterocycles. The Labute approximate surface area is 102 Å². The molecule has 4 nitrogen and oxygen atoms in total. The van der Waals surface area contributed by atoms with Crippen molar-refractivity contribution >= 4 is 11.6 Å². The first-order chi connectivity index (χ1) is 7.66. The fourth-order valence-corrected chi connectivity index (χ4v) is 2.77. The zero-order valence-corrected chi connectivity index (χ0v) is 10.6. The van der Waals surface area contributed by atoms with Crippen LogP contribution in [0.3, 0.4) is 0 Å². The van der Waals surface area contributed by atoms with Crippen LogP contribution in [0.5, 0.6) is 0 Å². The van der Waals surface area contributed by atoms with Crippen LogP contribution in [0.4, 0.5) is 0 Å². The molecule has 16 heavy (non-hydrogen) atoms. The summed E-state index contributed by atoms with van der Waals surface area (Å²) < 4.78 is 6.08. The van der Waals surface area contributed by atoms with Crippen LogP contribution in [0.15, 0.2) is 0 Å². The highest BCUT2D eigenvalue weighted by Gasteiger charge is 2.33. The topological polar surface area (TPSA) is 50.5 Å². The summed E-state index contributed by atoms with van der Waals surface area (Å²) in [5, 5.41) is 3.22. The number of likely N-dealkylation sites (tertiary alicyclic amines) is 1. The van der Waals surface area contributed by atoms with Crippen LogP contribution in [0.2, 0.25) is 0 Å². The van der Waals surface area contributed by atoms with Crippen molar-refractivity contribution in [3.8, 4) is 0 Å². The summed E-state index contributed by atoms with van der Waals surface area (Å²) >= 11 is 6.25. The summed E-state index contributed by atoms with van der Waals surface area (Å²) in [5.74, 6) is 0. The first-order valence-corrected chi connectivity index (χ1v) is 6.55. The second kappa shape index (κ2) is 5.65. The Balaban J connectivity index is 1.83. The molecule has 0 amide bonds. The molecule has 0 radical (unpaired) electrons. The van der Waals surface area contributed by atoms with Crippen LogP contribution in [0.25, 0.3) is 0 Å². The molecular weight excluding hydrogens is 226 g/mol. The standard InChI is InChI=1S/C11H22ClN3O/c1-15-4-2-8(3-5-15)16-11-9(12)6-14-7-10(11)13/h8-11,14H,2-7,13H2,1H3. The molecule has 5 heteroatoms. The first kappa shape index (κ1) is 12.6. The van der Waals surface area contributed by atoms with Crippen molar-refractivity contribution in [1.82, 2.24) is 10.2 Å². The van der Waals surface area contributed by atoms with E-state index >= 15 is 0 Å². The van der Waals surface area contributed by atoms with Crippen LogP contribution in [-0.4, -0.2) is 61.8 Å². The molecule has 0 spiro atoms. The molecule has 2 fully saturated rings. The number of nitrogens with one attached hydrogen (secondary N) is 1. The van der Waals surface area contributed by atoms with Crippen molar-refractivity contribution in [2.75, 3.05) is 33.2 Å². The Morgan fingerprint density at radius 3 is 2.62 bits per heavy atom. The minimum atomic E-state index is 0.00315. The third kappa shape index (κ3) is 3.08. The maximum Gasteiger partial charge on any atom is 0.0917 e. The highest BCUT2D eigenvalue weighted by atomic mass is 35.5. The van der Waals surface area contributed by atoms with Crippen molar-refractivity contribution in [1.29, 1.82) is 0 Å². The van der Waals surface area contributed by atoms with E-state index in [1.165, 1.54) is 0 Å². The second-order valence-corrected chi connectivity index (χ2v) is 5.50. The predicted octanol–water partition coefficient (Wildman–Crippen LogP) is 0.00370. The van der Waals surface area contributed by atoms with Crippen LogP contribution in [0, 0.1) is 0 Å². The molecule has 2 aliphatic heterocycles. The fraction of sp³-hybridized carbons (Fsp3) is 1.00. The lowest BCUT2D eigenvalue weighted by Crippen LogP contribution is -2.57. The van der Waals surface area contributed by atoms with Gasteiger partial charge in [0.2, 0.25) is 0 Å². The highest BCUT2D eigenvalue weighted by Crippen LogP contribution is 2.20. The zero-order chi connectivity index (χ0) is 11.5. The highest BCUT2D eigenvalue weighted by molar-refractivity contribution is 6.21. The van der Waals surface area contributed by atoms with Gasteiger partial charge in [-0.05, 0) is 19.9 Å². The Morgan fingerprint density at radius 2 is 2.00 bits per heavy atom. The number of alkyl halides is 1. The molecule has 0 aromatic carbocycles. The zero-order valence-electron chi connectivity index (χ0n) is 9.86. The lowest BCUT2D eigenvalue weighted by atomic mass is 10.0. The van der Waals surface area contributed by atoms with Gasteiger partial charge >= 0.3 is 0 Å². The lowest BCUT2D eigenvalue weighted by molar-refractivity contribution is -0.0562. The number of ether oxygens (including phenoxy) is 1. The van der Waals surface area contributed by atoms with Crippen molar-refractivity contribution in [2.45, 2.75) is 36.5 Å². The molecule has 2 heterocycles. The molecule has 0 aromatic heterocycles. The maximum absolute atomic E-state index is 6.25. The molecule has 3 atom stereocenters. The molecule has 2 rings (SSSR count). The summed E-state index contributed by atoms with van der Waals surface area (Å²) in [4.78, 5) is 2.33. The largest absolute Gasteiger partial charge is 0.372 e. The van der Waals surface area contributed by atoms with E-state index in [1.807, 2.05) is 0 Å². The van der Waals surface area contributed by atoms with Crippen LogP contribution >= 0.6 is 11.6 Å². The smallest absolute Gasteiger partial charge is 0.0917 e. The maximum atomic E-state index is 6.25. The number of nitrogens with two attached hydrogens (primary N) is 1. The van der Waals surface area contributed by atoms with Crippen LogP contribution < -0.4 is 11.1 Å². The molecule has 0 bridgehead atoms. The number of halogens is 1. The molecular formula is C11H22ClN3O. The molecule has 0 saturated carbocycles. The monoisotopic (exact) mass is 247 g/mol. The van der Waals surface area contributed by atoms with Crippen molar-refractivity contribution < 1.29 is 4.74 Å². The molecule has 94 valence electrons. The molecule has 3 N–H and O–H groups in total. The van der Waals surface area contributed by atoms with Crippen molar-refractivity contribution in [2.24, 2.45) is 5.73 Å². The van der Waals surface area contributed by atoms with E-state index in [0.717, 1.165) is 39.0 Å². The molecule has 0 aromatic rings. The Bertz CT molecular complexity index is 211. The third-order valence-electron chi connectivity index (χ3n) is 3.51. The average molecular weight is 248 g/mol. The van der Waals surface area contributed by atoms with E-state index in [9.17, 15) is 0 Å². The van der Waals surface area contributed by atoms with Gasteiger partial charge in [0.15, 0.2) is 0 Å². The van der Waals surface area contributed by atoms with E-state index in [1.54, 1.807) is 0 Å². The van der Waals surface area contributed by atoms with Crippen molar-refractivity contribution in [3.63, 3.8) is 0 Å². The summed E-state index contributed by atoms with van der Waals surface area (Å²) in [6, 6.07) is 0.0240. The minimum absolute atomic E-state index is 0.00315. The van der Waals surface area contributed by atoms with Gasteiger partial charge < -0.3 is 20.7 Å². The van der Waals surface area contributed by atoms with Gasteiger partial charge in [0, 0.05) is 32.2 Å². The van der Waals surface area contributed by atoms with Gasteiger partial charge in [-0.3, -0.25) is 0 Å². The lowest BCUT2D eigenvalue weighted by Gasteiger charge is -2.38. The summed E-state index contributed by atoms with van der Waals surface area (Å²) in [6.07, 6.45) is 2.54. The molecule has 3 unspecified atom stereocenters. The quantitative estimate of drug-likeness (QED) is 0.675. The summed E-state index contributed by atoms with van der Waals surface area (Å²) in [7, 11) is 2.15. The van der Waals surface area contributed by atoms with Gasteiger partial charge in [0.05, 0.1) is 17.6 Å². The van der Waals surface area contributed by atoms with E-state index in [2.05, 4.69) is 17.3 Å². The van der Waals surface area contributed by atoms with E-state index in [-0.39, 0.29) is 17.5 Å². The van der Waals surface area contributed by atoms with Crippen LogP contribution in [0.1, 0.15) is 12.8 Å². The fourth-order valence-electron chi connectivity index (χ4n) is 2.42. The van der Waals surface area contributed by atoms with Gasteiger partial charge in [-0.1, -0.05) is 0 Å². The van der Waals surface area contributed by atoms with Gasteiger partial charge in [-0.2, -0.15) is 0 Å². The van der Waals surface area contributed by atoms with Gasteiger partial charge in [-0.25, -0.2) is 0 Å². The number of rotatable bonds is 2. The van der Waals surface area contributed by atoms with Gasteiger partial charge in [0.1, 0.15) is 0 Å². The number of piperidine rings is 2. The van der Waals surface area contributed by atoms with E-state index in [4.69, 9.17) is 22.1 Å². The first-order valence-electron chi connectivity index (χ1n) is 6.11. The van der Waals surface area contributed by atoms with Gasteiger partial charge in [-0.15, -0.1) is 11.6 Å². The molecule has 0 aliphatic carbocycles. The number of nitrogens with zero attached hydrogens (tertiary/aromatic N) is 1. The van der Waals surface area contributed by atoms with Crippen molar-refractivity contribution in [3.05, 3.63) is 0 Å². The number of hydrogen-bond donors (Lipinski definition) is 2. The summed E-state index contributed by atoms with van der Waals surface area (Å²) in [6.45, 7) is 3.82. The van der Waals surface area contributed by atoms with E-state index in [0.29, 0.717) is 6.10 Å². The van der Waals surface area contributed by atoms with E-state index < -0.39 is 0 Å². The average Bonchev–Trinajstić information content (AvgIpc) is 2.26. The third-order valence-corrected chi connectivity index (χ3v) is 3.92. The predicted molar refractivity (Wildman–Crippen MR) is 65.9 cm³/mol. The Hall–Kier alpha value is 0.130. The van der Waals surface area contributed by atoms with Crippen LogP contribution in [-0.2, 0) is 4.74 Å². The summed E-state index contributed by atoms with van der Waals surface area (Å²) in [5.41, 5.74) is 6.03. The van der Waals surface area contributed by atoms with Gasteiger partial charge in [0.25, 0.3) is 0 Å². The number of hydrogen-bond acceptors (Lipinski definition) is 4. The SMILES string of the molecule is CN1CCC(OC2C(N)CNCC2Cl)CC1. The Kier molecular flexibility index (Phi) is 4.44. The molecule has 2 aliphatic rings. The normalized spacial score (nSPS) is 38.8. The second-order valence-electron chi connectivity index (χ2n) is 4.94.